The quantitative estimate of drug-likeness (QED) is 0.584. The maximum Gasteiger partial charge on any atom is 0.115 e. The Morgan fingerprint density at radius 3 is 2.67 bits per heavy atom. The molecule has 0 aliphatic rings. The van der Waals surface area contributed by atoms with Crippen molar-refractivity contribution in [1.82, 2.24) is 0 Å². The van der Waals surface area contributed by atoms with Gasteiger partial charge in [-0.3, -0.25) is 0 Å². The van der Waals surface area contributed by atoms with Crippen LogP contribution in [0.1, 0.15) is 5.56 Å². The van der Waals surface area contributed by atoms with E-state index in [9.17, 15) is 0 Å². The van der Waals surface area contributed by atoms with Gasteiger partial charge in [0.15, 0.2) is 0 Å². The van der Waals surface area contributed by atoms with Crippen molar-refractivity contribution in [1.29, 1.82) is 0 Å². The Kier molecular flexibility index (Phi) is 2.33. The van der Waals surface area contributed by atoms with Gasteiger partial charge in [0.2, 0.25) is 0 Å². The van der Waals surface area contributed by atoms with Crippen molar-refractivity contribution in [2.24, 2.45) is 0 Å². The number of phenols is 1. The molecule has 48 valence electrons. The zero-order chi connectivity index (χ0) is 6.69. The van der Waals surface area contributed by atoms with Gasteiger partial charge in [-0.15, -0.1) is 0 Å². The third kappa shape index (κ3) is 1.86. The van der Waals surface area contributed by atoms with E-state index >= 15 is 0 Å². The third-order valence-electron chi connectivity index (χ3n) is 1.06. The minimum Gasteiger partial charge on any atom is -0.508 e. The summed E-state index contributed by atoms with van der Waals surface area (Å²) in [6, 6.07) is 7.29. The highest BCUT2D eigenvalue weighted by molar-refractivity contribution is 14.1. The molecule has 0 aliphatic carbocycles. The fourth-order valence-electron chi connectivity index (χ4n) is 0.640. The van der Waals surface area contributed by atoms with Crippen molar-refractivity contribution in [3.05, 3.63) is 29.8 Å². The number of aromatic hydroxyl groups is 1. The summed E-state index contributed by atoms with van der Waals surface area (Å²) >= 11 is 2.26. The smallest absolute Gasteiger partial charge is 0.115 e. The Labute approximate surface area is 67.9 Å². The lowest BCUT2D eigenvalue weighted by Gasteiger charge is -1.93. The molecular formula is C7H7IO. The monoisotopic (exact) mass is 234 g/mol. The molecule has 1 aromatic carbocycles. The van der Waals surface area contributed by atoms with Crippen molar-refractivity contribution >= 4 is 22.6 Å². The van der Waals surface area contributed by atoms with Crippen molar-refractivity contribution in [3.63, 3.8) is 0 Å². The lowest BCUT2D eigenvalue weighted by molar-refractivity contribution is 0.475. The van der Waals surface area contributed by atoms with Gasteiger partial charge in [-0.2, -0.15) is 0 Å². The summed E-state index contributed by atoms with van der Waals surface area (Å²) in [7, 11) is 0. The van der Waals surface area contributed by atoms with Crippen LogP contribution in [0.15, 0.2) is 24.3 Å². The first-order chi connectivity index (χ1) is 4.33. The van der Waals surface area contributed by atoms with E-state index in [1.165, 1.54) is 0 Å². The average Bonchev–Trinajstić information content (AvgIpc) is 1.88. The van der Waals surface area contributed by atoms with Crippen molar-refractivity contribution in [2.75, 3.05) is 0 Å². The Morgan fingerprint density at radius 1 is 1.44 bits per heavy atom. The molecule has 0 saturated heterocycles. The molecule has 0 atom stereocenters. The van der Waals surface area contributed by atoms with Crippen LogP contribution in [0.3, 0.4) is 0 Å². The van der Waals surface area contributed by atoms with Crippen LogP contribution in [0.2, 0.25) is 0 Å². The highest BCUT2D eigenvalue weighted by atomic mass is 127. The zero-order valence-corrected chi connectivity index (χ0v) is 7.00. The standard InChI is InChI=1S/C7H7IO/c8-5-6-2-1-3-7(9)4-6/h1-4,9H,5H2. The van der Waals surface area contributed by atoms with Crippen LogP contribution in [0.4, 0.5) is 0 Å². The van der Waals surface area contributed by atoms with E-state index in [-0.39, 0.29) is 0 Å². The second-order valence-corrected chi connectivity index (χ2v) is 2.57. The first-order valence-electron chi connectivity index (χ1n) is 2.67. The molecule has 0 fully saturated rings. The van der Waals surface area contributed by atoms with Crippen molar-refractivity contribution in [3.8, 4) is 5.75 Å². The predicted octanol–water partition coefficient (Wildman–Crippen LogP) is 2.33. The summed E-state index contributed by atoms with van der Waals surface area (Å²) in [5.74, 6) is 0.351. The summed E-state index contributed by atoms with van der Waals surface area (Å²) in [4.78, 5) is 0. The fourth-order valence-corrected chi connectivity index (χ4v) is 1.11. The van der Waals surface area contributed by atoms with Crippen LogP contribution < -0.4 is 0 Å². The van der Waals surface area contributed by atoms with Crippen molar-refractivity contribution in [2.45, 2.75) is 4.43 Å². The number of phenolic OH excluding ortho intramolecular Hbond substituents is 1. The molecule has 9 heavy (non-hydrogen) atoms. The molecule has 0 radical (unpaired) electrons. The number of hydrogen-bond acceptors (Lipinski definition) is 1. The average molecular weight is 234 g/mol. The van der Waals surface area contributed by atoms with Crippen LogP contribution in [0, 0.1) is 0 Å². The molecule has 0 spiro atoms. The topological polar surface area (TPSA) is 20.2 Å². The van der Waals surface area contributed by atoms with Gasteiger partial charge in [-0.25, -0.2) is 0 Å². The van der Waals surface area contributed by atoms with Gasteiger partial charge in [0.1, 0.15) is 5.75 Å². The second kappa shape index (κ2) is 3.06. The van der Waals surface area contributed by atoms with Crippen LogP contribution in [0.5, 0.6) is 5.75 Å². The maximum atomic E-state index is 8.94. The van der Waals surface area contributed by atoms with Crippen LogP contribution in [-0.4, -0.2) is 5.11 Å². The molecule has 1 N–H and O–H groups in total. The van der Waals surface area contributed by atoms with Gasteiger partial charge in [0, 0.05) is 4.43 Å². The molecular weight excluding hydrogens is 227 g/mol. The Balaban J connectivity index is 2.94. The van der Waals surface area contributed by atoms with Crippen molar-refractivity contribution < 1.29 is 5.11 Å². The largest absolute Gasteiger partial charge is 0.508 e. The molecule has 0 saturated carbocycles. The third-order valence-corrected chi connectivity index (χ3v) is 1.95. The minimum atomic E-state index is 0.351. The molecule has 0 amide bonds. The van der Waals surface area contributed by atoms with E-state index in [2.05, 4.69) is 22.6 Å². The summed E-state index contributed by atoms with van der Waals surface area (Å²) in [5.41, 5.74) is 1.16. The van der Waals surface area contributed by atoms with E-state index in [4.69, 9.17) is 5.11 Å². The molecule has 2 heteroatoms. The minimum absolute atomic E-state index is 0.351. The van der Waals surface area contributed by atoms with E-state index in [0.717, 1.165) is 9.99 Å². The summed E-state index contributed by atoms with van der Waals surface area (Å²) in [6.45, 7) is 0. The summed E-state index contributed by atoms with van der Waals surface area (Å²) < 4.78 is 0.951. The van der Waals surface area contributed by atoms with E-state index < -0.39 is 0 Å². The molecule has 0 aliphatic heterocycles. The molecule has 1 nitrogen and oxygen atoms in total. The SMILES string of the molecule is Oc1cccc(CI)c1. The summed E-state index contributed by atoms with van der Waals surface area (Å²) in [6.07, 6.45) is 0. The predicted molar refractivity (Wildman–Crippen MR) is 45.8 cm³/mol. The molecule has 0 aromatic heterocycles. The fraction of sp³-hybridized carbons (Fsp3) is 0.143. The Hall–Kier alpha value is -0.250. The van der Waals surface area contributed by atoms with Crippen LogP contribution in [0.25, 0.3) is 0 Å². The first-order valence-corrected chi connectivity index (χ1v) is 4.19. The highest BCUT2D eigenvalue weighted by Crippen LogP contribution is 2.12. The van der Waals surface area contributed by atoms with Gasteiger partial charge in [0.05, 0.1) is 0 Å². The van der Waals surface area contributed by atoms with Crippen LogP contribution >= 0.6 is 22.6 Å². The normalized spacial score (nSPS) is 9.44. The van der Waals surface area contributed by atoms with Gasteiger partial charge in [-0.1, -0.05) is 34.7 Å². The van der Waals surface area contributed by atoms with Gasteiger partial charge >= 0.3 is 0 Å². The number of alkyl halides is 1. The molecule has 0 unspecified atom stereocenters. The van der Waals surface area contributed by atoms with Crippen LogP contribution in [-0.2, 0) is 4.43 Å². The Morgan fingerprint density at radius 2 is 2.22 bits per heavy atom. The second-order valence-electron chi connectivity index (χ2n) is 1.80. The van der Waals surface area contributed by atoms with E-state index in [1.54, 1.807) is 12.1 Å². The van der Waals surface area contributed by atoms with E-state index in [1.807, 2.05) is 12.1 Å². The number of hydrogen-bond donors (Lipinski definition) is 1. The Bertz CT molecular complexity index is 198. The van der Waals surface area contributed by atoms with E-state index in [0.29, 0.717) is 5.75 Å². The first kappa shape index (κ1) is 6.86. The number of halogens is 1. The lowest BCUT2D eigenvalue weighted by atomic mass is 10.2. The highest BCUT2D eigenvalue weighted by Gasteiger charge is 1.88. The number of rotatable bonds is 1. The zero-order valence-electron chi connectivity index (χ0n) is 4.84. The van der Waals surface area contributed by atoms with Gasteiger partial charge in [0.25, 0.3) is 0 Å². The van der Waals surface area contributed by atoms with Gasteiger partial charge < -0.3 is 5.11 Å². The number of benzene rings is 1. The molecule has 0 heterocycles. The maximum absolute atomic E-state index is 8.94. The summed E-state index contributed by atoms with van der Waals surface area (Å²) in [5, 5.41) is 8.94. The molecule has 1 aromatic rings. The van der Waals surface area contributed by atoms with Gasteiger partial charge in [-0.05, 0) is 17.7 Å². The lowest BCUT2D eigenvalue weighted by Crippen LogP contribution is -1.73. The molecule has 1 rings (SSSR count). The molecule has 0 bridgehead atoms.